The van der Waals surface area contributed by atoms with Crippen molar-refractivity contribution in [2.24, 2.45) is 39.1 Å². The van der Waals surface area contributed by atoms with Crippen LogP contribution in [0.5, 0.6) is 0 Å². The highest BCUT2D eigenvalue weighted by Gasteiger charge is 2.73. The Morgan fingerprint density at radius 3 is 2.37 bits per heavy atom. The molecule has 5 rings (SSSR count). The highest BCUT2D eigenvalue weighted by Crippen LogP contribution is 2.73. The second kappa shape index (κ2) is 9.96. The number of carbonyl (C=O) groups is 3. The zero-order valence-electron chi connectivity index (χ0n) is 24.4. The van der Waals surface area contributed by atoms with E-state index < -0.39 is 62.1 Å². The molecule has 1 spiro atoms. The van der Waals surface area contributed by atoms with Crippen molar-refractivity contribution >= 4 is 33.6 Å². The molecule has 7 atom stereocenters. The topological polar surface area (TPSA) is 137 Å². The molecule has 0 amide bonds. The van der Waals surface area contributed by atoms with Crippen LogP contribution in [0.15, 0.2) is 45.9 Å². The van der Waals surface area contributed by atoms with Crippen LogP contribution in [0.2, 0.25) is 0 Å². The summed E-state index contributed by atoms with van der Waals surface area (Å²) in [7, 11) is -1.28. The first kappa shape index (κ1) is 29.3. The average molecular weight is 587 g/mol. The van der Waals surface area contributed by atoms with E-state index in [-0.39, 0.29) is 10.8 Å². The number of carbonyl (C=O) groups excluding carboxylic acids is 3. The number of aryl methyl sites for hydroxylation is 1. The van der Waals surface area contributed by atoms with Crippen molar-refractivity contribution < 1.29 is 37.0 Å². The minimum atomic E-state index is -3.90. The lowest BCUT2D eigenvalue weighted by atomic mass is 9.59. The van der Waals surface area contributed by atoms with Gasteiger partial charge >= 0.3 is 17.9 Å². The van der Waals surface area contributed by atoms with Crippen LogP contribution < -0.4 is 4.83 Å². The molecule has 11 heteroatoms. The molecule has 0 radical (unpaired) electrons. The first-order chi connectivity index (χ1) is 19.2. The summed E-state index contributed by atoms with van der Waals surface area (Å²) in [5.74, 6) is -2.93. The van der Waals surface area contributed by atoms with E-state index in [0.717, 1.165) is 24.0 Å². The SMILES string of the molecule is COC(=O)[C@H]1[C@H]2C(=CC[C@H](OC(C)=O)[C@@]2(C)C(=O)OC)[C@@H]2CC[C@@]3(C)C[C@]21C/C3=N\NS(=O)(=O)c1ccc(C)cc1. The molecule has 0 aliphatic heterocycles. The molecule has 41 heavy (non-hydrogen) atoms. The Morgan fingerprint density at radius 1 is 1.07 bits per heavy atom. The van der Waals surface area contributed by atoms with Gasteiger partial charge in [-0.15, -0.1) is 0 Å². The van der Waals surface area contributed by atoms with Gasteiger partial charge in [0, 0.05) is 30.4 Å². The van der Waals surface area contributed by atoms with Gasteiger partial charge in [0.1, 0.15) is 11.5 Å². The molecule has 0 unspecified atom stereocenters. The van der Waals surface area contributed by atoms with Crippen LogP contribution in [0, 0.1) is 40.9 Å². The predicted molar refractivity (Wildman–Crippen MR) is 149 cm³/mol. The van der Waals surface area contributed by atoms with Gasteiger partial charge in [-0.25, -0.2) is 4.83 Å². The number of benzene rings is 1. The lowest BCUT2D eigenvalue weighted by Crippen LogP contribution is -2.54. The Kier molecular flexibility index (Phi) is 7.11. The number of hydrogen-bond donors (Lipinski definition) is 1. The molecule has 1 aromatic carbocycles. The van der Waals surface area contributed by atoms with Crippen LogP contribution in [0.25, 0.3) is 0 Å². The Bertz CT molecular complexity index is 1450. The number of hydrogen-bond acceptors (Lipinski definition) is 9. The Morgan fingerprint density at radius 2 is 1.76 bits per heavy atom. The summed E-state index contributed by atoms with van der Waals surface area (Å²) < 4.78 is 42.4. The van der Waals surface area contributed by atoms with Gasteiger partial charge in [-0.05, 0) is 63.0 Å². The monoisotopic (exact) mass is 586 g/mol. The number of hydrazone groups is 1. The molecule has 3 saturated carbocycles. The number of allylic oxidation sites excluding steroid dienone is 1. The Balaban J connectivity index is 1.58. The molecule has 4 aliphatic rings. The molecule has 1 N–H and O–H groups in total. The van der Waals surface area contributed by atoms with Gasteiger partial charge in [-0.1, -0.05) is 36.3 Å². The van der Waals surface area contributed by atoms with Crippen molar-refractivity contribution in [3.05, 3.63) is 41.5 Å². The molecular weight excluding hydrogens is 548 g/mol. The highest BCUT2D eigenvalue weighted by molar-refractivity contribution is 7.89. The number of nitrogens with one attached hydrogen (secondary N) is 1. The van der Waals surface area contributed by atoms with Crippen molar-refractivity contribution in [3.8, 4) is 0 Å². The largest absolute Gasteiger partial charge is 0.469 e. The van der Waals surface area contributed by atoms with Crippen molar-refractivity contribution in [2.45, 2.75) is 70.8 Å². The van der Waals surface area contributed by atoms with E-state index in [1.165, 1.54) is 33.3 Å². The Labute approximate surface area is 240 Å². The fraction of sp³-hybridized carbons (Fsp3) is 0.600. The molecule has 10 nitrogen and oxygen atoms in total. The molecule has 0 heterocycles. The van der Waals surface area contributed by atoms with Gasteiger partial charge in [0.15, 0.2) is 0 Å². The third kappa shape index (κ3) is 4.38. The van der Waals surface area contributed by atoms with E-state index in [1.54, 1.807) is 19.1 Å². The smallest absolute Gasteiger partial charge is 0.315 e. The van der Waals surface area contributed by atoms with Gasteiger partial charge in [0.05, 0.1) is 25.0 Å². The number of rotatable bonds is 6. The van der Waals surface area contributed by atoms with E-state index in [9.17, 15) is 22.8 Å². The number of ether oxygens (including phenoxy) is 3. The minimum Gasteiger partial charge on any atom is -0.469 e. The van der Waals surface area contributed by atoms with Crippen molar-refractivity contribution in [3.63, 3.8) is 0 Å². The quantitative estimate of drug-likeness (QED) is 0.231. The molecule has 1 aromatic rings. The van der Waals surface area contributed by atoms with Crippen LogP contribution in [-0.2, 0) is 38.6 Å². The molecule has 4 aliphatic carbocycles. The van der Waals surface area contributed by atoms with E-state index in [2.05, 4.69) is 16.9 Å². The lowest BCUT2D eigenvalue weighted by Gasteiger charge is -2.45. The molecule has 2 bridgehead atoms. The maximum absolute atomic E-state index is 13.7. The van der Waals surface area contributed by atoms with Gasteiger partial charge in [-0.3, -0.25) is 14.4 Å². The van der Waals surface area contributed by atoms with Gasteiger partial charge < -0.3 is 14.2 Å². The maximum Gasteiger partial charge on any atom is 0.315 e. The maximum atomic E-state index is 13.7. The van der Waals surface area contributed by atoms with Crippen LogP contribution >= 0.6 is 0 Å². The van der Waals surface area contributed by atoms with Gasteiger partial charge in [0.2, 0.25) is 0 Å². The minimum absolute atomic E-state index is 0.0478. The average Bonchev–Trinajstić information content (AvgIpc) is 3.34. The zero-order chi connectivity index (χ0) is 30.0. The lowest BCUT2D eigenvalue weighted by molar-refractivity contribution is -0.179. The number of methoxy groups -OCH3 is 2. The van der Waals surface area contributed by atoms with Gasteiger partial charge in [-0.2, -0.15) is 13.5 Å². The first-order valence-corrected chi connectivity index (χ1v) is 15.4. The summed E-state index contributed by atoms with van der Waals surface area (Å²) in [6.07, 6.45) is 3.97. The summed E-state index contributed by atoms with van der Waals surface area (Å²) in [4.78, 5) is 41.8. The van der Waals surface area contributed by atoms with Crippen LogP contribution in [0.1, 0.15) is 58.4 Å². The third-order valence-corrected chi connectivity index (χ3v) is 11.4. The third-order valence-electron chi connectivity index (χ3n) is 10.2. The van der Waals surface area contributed by atoms with Crippen molar-refractivity contribution in [2.75, 3.05) is 14.2 Å². The summed E-state index contributed by atoms with van der Waals surface area (Å²) in [6.45, 7) is 6.95. The molecule has 0 saturated heterocycles. The fourth-order valence-electron chi connectivity index (χ4n) is 8.38. The number of sulfonamides is 1. The summed E-state index contributed by atoms with van der Waals surface area (Å²) in [5.41, 5.74) is 0.187. The standard InChI is InChI=1S/C30H38N2O8S/c1-17-7-9-19(10-8-17)41(36,37)32-31-22-15-30-16-28(22,3)14-13-21(30)20-11-12-23(40-18(2)33)29(4,27(35)39-6)24(20)25(30)26(34)38-5/h7-11,21,23-25,32H,12-16H2,1-6H3/b31-22+/t21-,23-,24+,25+,28-,29+,30+/m0/s1. The summed E-state index contributed by atoms with van der Waals surface area (Å²) in [5, 5.41) is 4.49. The second-order valence-corrected chi connectivity index (χ2v) is 14.2. The second-order valence-electron chi connectivity index (χ2n) is 12.5. The highest BCUT2D eigenvalue weighted by atomic mass is 32.2. The number of fused-ring (bicyclic) bond motifs is 3. The molecule has 0 aromatic heterocycles. The Hall–Kier alpha value is -3.21. The van der Waals surface area contributed by atoms with Crippen LogP contribution in [0.3, 0.4) is 0 Å². The fourth-order valence-corrected chi connectivity index (χ4v) is 9.21. The van der Waals surface area contributed by atoms with Crippen LogP contribution in [0.4, 0.5) is 0 Å². The van der Waals surface area contributed by atoms with Gasteiger partial charge in [0.25, 0.3) is 10.0 Å². The number of esters is 3. The summed E-state index contributed by atoms with van der Waals surface area (Å²) >= 11 is 0. The number of nitrogens with zero attached hydrogens (tertiary/aromatic N) is 1. The molecule has 3 fully saturated rings. The summed E-state index contributed by atoms with van der Waals surface area (Å²) in [6, 6.07) is 6.53. The van der Waals surface area contributed by atoms with E-state index in [1.807, 2.05) is 13.0 Å². The van der Waals surface area contributed by atoms with E-state index >= 15 is 0 Å². The predicted octanol–water partition coefficient (Wildman–Crippen LogP) is 3.69. The van der Waals surface area contributed by atoms with E-state index in [4.69, 9.17) is 14.2 Å². The molecular formula is C30H38N2O8S. The molecule has 222 valence electrons. The van der Waals surface area contributed by atoms with Crippen LogP contribution in [-0.4, -0.2) is 52.4 Å². The van der Waals surface area contributed by atoms with E-state index in [0.29, 0.717) is 25.0 Å². The van der Waals surface area contributed by atoms with Crippen molar-refractivity contribution in [1.82, 2.24) is 4.83 Å². The normalized spacial score (nSPS) is 36.5. The first-order valence-electron chi connectivity index (χ1n) is 13.9. The van der Waals surface area contributed by atoms with Crippen molar-refractivity contribution in [1.29, 1.82) is 0 Å². The zero-order valence-corrected chi connectivity index (χ0v) is 25.2.